The molecule has 2 unspecified atom stereocenters. The molecule has 45 heavy (non-hydrogen) atoms. The molecule has 1 saturated heterocycles. The maximum Gasteiger partial charge on any atom is 0.335 e. The number of anilines is 2. The number of hydrogen-bond acceptors (Lipinski definition) is 9. The van der Waals surface area contributed by atoms with E-state index >= 15 is 0 Å². The first kappa shape index (κ1) is 33.2. The molecule has 0 spiro atoms. The number of nitrogens with zero attached hydrogens (tertiary/aromatic N) is 1. The first-order chi connectivity index (χ1) is 21.7. The van der Waals surface area contributed by atoms with Crippen molar-refractivity contribution in [2.75, 3.05) is 51.2 Å². The molecule has 0 radical (unpaired) electrons. The maximum atomic E-state index is 13.4. The molecule has 12 heteroatoms. The molecule has 3 aromatic carbocycles. The number of aromatic carboxylic acids is 1. The molecule has 0 aromatic heterocycles. The molecule has 4 rings (SSSR count). The molecule has 0 saturated carbocycles. The summed E-state index contributed by atoms with van der Waals surface area (Å²) < 4.78 is 22.4. The molecule has 2 atom stereocenters. The van der Waals surface area contributed by atoms with E-state index in [1.807, 2.05) is 38.1 Å². The topological polar surface area (TPSA) is 148 Å². The molecule has 3 aromatic rings. The lowest BCUT2D eigenvalue weighted by Crippen LogP contribution is -2.54. The number of carboxylic acid groups (broad SMARTS) is 1. The fraction of sp³-hybridized carbons (Fsp3) is 0.364. The van der Waals surface area contributed by atoms with Crippen LogP contribution >= 0.6 is 0 Å². The van der Waals surface area contributed by atoms with Crippen molar-refractivity contribution in [2.45, 2.75) is 39.1 Å². The third kappa shape index (κ3) is 9.42. The summed E-state index contributed by atoms with van der Waals surface area (Å²) in [6.45, 7) is 6.12. The normalized spacial score (nSPS) is 14.6. The lowest BCUT2D eigenvalue weighted by Gasteiger charge is -2.36. The van der Waals surface area contributed by atoms with E-state index in [0.717, 1.165) is 11.1 Å². The SMILES string of the molecule is COc1cc(CC(=O)CC(NC(C)Oc2ccc(C(=O)O)cc2OC)N2CCOCC2)ccc1NC(=O)Nc1ccccc1C. The minimum atomic E-state index is -1.07. The van der Waals surface area contributed by atoms with Crippen LogP contribution in [-0.4, -0.2) is 80.7 Å². The zero-order valence-electron chi connectivity index (χ0n) is 25.9. The monoisotopic (exact) mass is 620 g/mol. The summed E-state index contributed by atoms with van der Waals surface area (Å²) in [6, 6.07) is 16.7. The largest absolute Gasteiger partial charge is 0.495 e. The summed E-state index contributed by atoms with van der Waals surface area (Å²) in [7, 11) is 2.95. The molecule has 1 aliphatic rings. The number of ether oxygens (including phenoxy) is 4. The van der Waals surface area contributed by atoms with Crippen LogP contribution in [0.3, 0.4) is 0 Å². The zero-order chi connectivity index (χ0) is 32.3. The number of aryl methyl sites for hydroxylation is 1. The predicted molar refractivity (Wildman–Crippen MR) is 170 cm³/mol. The van der Waals surface area contributed by atoms with Crippen LogP contribution in [0.2, 0.25) is 0 Å². The number of rotatable bonds is 14. The van der Waals surface area contributed by atoms with E-state index < -0.39 is 18.2 Å². The average molecular weight is 621 g/mol. The van der Waals surface area contributed by atoms with Crippen LogP contribution in [0.4, 0.5) is 16.2 Å². The molecule has 0 aliphatic carbocycles. The number of benzene rings is 3. The van der Waals surface area contributed by atoms with Crippen molar-refractivity contribution >= 4 is 29.2 Å². The van der Waals surface area contributed by atoms with Crippen LogP contribution in [0.25, 0.3) is 0 Å². The van der Waals surface area contributed by atoms with Crippen molar-refractivity contribution in [2.24, 2.45) is 0 Å². The first-order valence-corrected chi connectivity index (χ1v) is 14.6. The van der Waals surface area contributed by atoms with Gasteiger partial charge in [-0.05, 0) is 61.4 Å². The molecule has 2 amide bonds. The second-order valence-corrected chi connectivity index (χ2v) is 10.6. The second-order valence-electron chi connectivity index (χ2n) is 10.6. The van der Waals surface area contributed by atoms with E-state index in [-0.39, 0.29) is 30.4 Å². The zero-order valence-corrected chi connectivity index (χ0v) is 25.9. The van der Waals surface area contributed by atoms with E-state index in [1.54, 1.807) is 24.3 Å². The Morgan fingerprint density at radius 3 is 2.31 bits per heavy atom. The molecule has 240 valence electrons. The van der Waals surface area contributed by atoms with Gasteiger partial charge >= 0.3 is 12.0 Å². The number of carbonyl (C=O) groups is 3. The smallest absolute Gasteiger partial charge is 0.335 e. The van der Waals surface area contributed by atoms with Crippen LogP contribution in [0.15, 0.2) is 60.7 Å². The Balaban J connectivity index is 1.40. The first-order valence-electron chi connectivity index (χ1n) is 14.6. The summed E-state index contributed by atoms with van der Waals surface area (Å²) in [5, 5.41) is 18.3. The van der Waals surface area contributed by atoms with Gasteiger partial charge in [0.15, 0.2) is 11.5 Å². The van der Waals surface area contributed by atoms with Crippen molar-refractivity contribution in [1.29, 1.82) is 0 Å². The van der Waals surface area contributed by atoms with Crippen molar-refractivity contribution < 1.29 is 38.4 Å². The Kier molecular flexibility index (Phi) is 11.7. The molecule has 0 bridgehead atoms. The van der Waals surface area contributed by atoms with Gasteiger partial charge in [0.2, 0.25) is 0 Å². The number of ketones is 1. The number of methoxy groups -OCH3 is 2. The van der Waals surface area contributed by atoms with Crippen molar-refractivity contribution in [1.82, 2.24) is 10.2 Å². The van der Waals surface area contributed by atoms with Gasteiger partial charge in [-0.3, -0.25) is 15.0 Å². The molecule has 12 nitrogen and oxygen atoms in total. The highest BCUT2D eigenvalue weighted by Crippen LogP contribution is 2.29. The summed E-state index contributed by atoms with van der Waals surface area (Å²) in [6.07, 6.45) is -0.516. The highest BCUT2D eigenvalue weighted by Gasteiger charge is 2.26. The fourth-order valence-electron chi connectivity index (χ4n) is 5.03. The minimum absolute atomic E-state index is 0.00496. The minimum Gasteiger partial charge on any atom is -0.495 e. The summed E-state index contributed by atoms with van der Waals surface area (Å²) in [5.41, 5.74) is 2.95. The van der Waals surface area contributed by atoms with Gasteiger partial charge in [-0.1, -0.05) is 24.3 Å². The van der Waals surface area contributed by atoms with Crippen LogP contribution < -0.4 is 30.2 Å². The average Bonchev–Trinajstić information content (AvgIpc) is 3.03. The van der Waals surface area contributed by atoms with Crippen LogP contribution in [0.1, 0.15) is 34.8 Å². The highest BCUT2D eigenvalue weighted by molar-refractivity contribution is 6.01. The van der Waals surface area contributed by atoms with Crippen LogP contribution in [-0.2, 0) is 16.0 Å². The highest BCUT2D eigenvalue weighted by atomic mass is 16.5. The lowest BCUT2D eigenvalue weighted by molar-refractivity contribution is -0.121. The van der Waals surface area contributed by atoms with Crippen molar-refractivity contribution in [3.05, 3.63) is 77.4 Å². The lowest BCUT2D eigenvalue weighted by atomic mass is 10.0. The van der Waals surface area contributed by atoms with Crippen LogP contribution in [0.5, 0.6) is 17.2 Å². The number of morpholine rings is 1. The Hall–Kier alpha value is -4.65. The maximum absolute atomic E-state index is 13.4. The number of para-hydroxylation sites is 1. The van der Waals surface area contributed by atoms with Gasteiger partial charge in [-0.25, -0.2) is 9.59 Å². The van der Waals surface area contributed by atoms with E-state index in [4.69, 9.17) is 18.9 Å². The molecule has 1 fully saturated rings. The summed E-state index contributed by atoms with van der Waals surface area (Å²) in [4.78, 5) is 39.5. The number of Topliss-reactive ketones (excluding diaryl/α,β-unsaturated/α-hetero) is 1. The standard InChI is InChI=1S/C33H40N4O8/c1-21-7-5-6-8-26(21)35-33(41)36-27-11-9-23(18-29(27)42-3)17-25(38)20-31(37-13-15-44-16-14-37)34-22(2)45-28-12-10-24(32(39)40)19-30(28)43-4/h5-12,18-19,22,31,34H,13-17,20H2,1-4H3,(H,39,40)(H2,35,36,41). The van der Waals surface area contributed by atoms with Gasteiger partial charge in [0.25, 0.3) is 0 Å². The van der Waals surface area contributed by atoms with Crippen molar-refractivity contribution in [3.8, 4) is 17.2 Å². The van der Waals surface area contributed by atoms with Gasteiger partial charge in [0, 0.05) is 31.6 Å². The van der Waals surface area contributed by atoms with Gasteiger partial charge in [0.1, 0.15) is 17.8 Å². The van der Waals surface area contributed by atoms with E-state index in [2.05, 4.69) is 20.9 Å². The third-order valence-corrected chi connectivity index (χ3v) is 7.36. The van der Waals surface area contributed by atoms with E-state index in [0.29, 0.717) is 54.9 Å². The third-order valence-electron chi connectivity index (χ3n) is 7.36. The van der Waals surface area contributed by atoms with Gasteiger partial charge < -0.3 is 34.7 Å². The van der Waals surface area contributed by atoms with Gasteiger partial charge in [0.05, 0.1) is 44.8 Å². The number of carboxylic acids is 1. The Labute approximate surface area is 262 Å². The number of nitrogens with one attached hydrogen (secondary N) is 3. The summed E-state index contributed by atoms with van der Waals surface area (Å²) >= 11 is 0. The summed E-state index contributed by atoms with van der Waals surface area (Å²) in [5.74, 6) is 0.0386. The van der Waals surface area contributed by atoms with Crippen LogP contribution in [0, 0.1) is 6.92 Å². The van der Waals surface area contributed by atoms with Crippen molar-refractivity contribution in [3.63, 3.8) is 0 Å². The number of urea groups is 1. The predicted octanol–water partition coefficient (Wildman–Crippen LogP) is 4.53. The van der Waals surface area contributed by atoms with E-state index in [9.17, 15) is 19.5 Å². The van der Waals surface area contributed by atoms with E-state index in [1.165, 1.54) is 26.4 Å². The second kappa shape index (κ2) is 15.9. The molecule has 1 aliphatic heterocycles. The Morgan fingerprint density at radius 1 is 0.911 bits per heavy atom. The number of carbonyl (C=O) groups excluding carboxylic acids is 2. The molecular weight excluding hydrogens is 580 g/mol. The molecular formula is C33H40N4O8. The van der Waals surface area contributed by atoms with Gasteiger partial charge in [-0.2, -0.15) is 0 Å². The fourth-order valence-corrected chi connectivity index (χ4v) is 5.03. The van der Waals surface area contributed by atoms with Gasteiger partial charge in [-0.15, -0.1) is 0 Å². The molecule has 4 N–H and O–H groups in total. The molecule has 1 heterocycles. The Bertz CT molecular complexity index is 1490. The number of hydrogen-bond donors (Lipinski definition) is 4. The number of amides is 2. The quantitative estimate of drug-likeness (QED) is 0.190. The Morgan fingerprint density at radius 2 is 1.62 bits per heavy atom.